The molecule has 0 spiro atoms. The molecule has 0 saturated heterocycles. The molecule has 0 fully saturated rings. The molecule has 0 aromatic heterocycles. The number of methoxy groups -OCH3 is 2. The molecule has 0 amide bonds. The Balaban J connectivity index is 2.21. The van der Waals surface area contributed by atoms with Gasteiger partial charge in [-0.25, -0.2) is 0 Å². The summed E-state index contributed by atoms with van der Waals surface area (Å²) in [5, 5.41) is 0. The van der Waals surface area contributed by atoms with E-state index in [9.17, 15) is 0 Å². The molecule has 2 rings (SSSR count). The lowest BCUT2D eigenvalue weighted by molar-refractivity contribution is 0.394. The van der Waals surface area contributed by atoms with Crippen molar-refractivity contribution in [1.29, 1.82) is 0 Å². The van der Waals surface area contributed by atoms with Gasteiger partial charge in [0.25, 0.3) is 0 Å². The lowest BCUT2D eigenvalue weighted by atomic mass is 10.1. The summed E-state index contributed by atoms with van der Waals surface area (Å²) < 4.78 is 10.5. The van der Waals surface area contributed by atoms with Crippen LogP contribution >= 0.6 is 0 Å². The Kier molecular flexibility index (Phi) is 5.74. The van der Waals surface area contributed by atoms with Gasteiger partial charge in [-0.15, -0.1) is 5.54 Å². The molecule has 3 heteroatoms. The third kappa shape index (κ3) is 5.54. The molecule has 0 radical (unpaired) electrons. The van der Waals surface area contributed by atoms with Gasteiger partial charge in [-0.05, 0) is 36.4 Å². The van der Waals surface area contributed by atoms with Crippen molar-refractivity contribution in [3.05, 3.63) is 59.2 Å². The fourth-order valence-corrected chi connectivity index (χ4v) is 2.44. The summed E-state index contributed by atoms with van der Waals surface area (Å²) in [4.78, 5) is 0. The minimum absolute atomic E-state index is 0.732. The molecule has 0 heterocycles. The molecule has 0 aliphatic rings. The lowest BCUT2D eigenvalue weighted by Crippen LogP contribution is -2.16. The van der Waals surface area contributed by atoms with Crippen LogP contribution in [0.25, 0.3) is 0 Å². The number of rotatable bonds is 2. The van der Waals surface area contributed by atoms with Crippen LogP contribution in [0.4, 0.5) is 0 Å². The Morgan fingerprint density at radius 2 is 1.12 bits per heavy atom. The highest BCUT2D eigenvalue weighted by molar-refractivity contribution is 6.83. The second-order valence-electron chi connectivity index (χ2n) is 6.43. The van der Waals surface area contributed by atoms with Crippen molar-refractivity contribution in [1.82, 2.24) is 0 Å². The zero-order valence-electron chi connectivity index (χ0n) is 14.9. The van der Waals surface area contributed by atoms with E-state index < -0.39 is 8.07 Å². The maximum atomic E-state index is 5.26. The smallest absolute Gasteiger partial charge is 0.129 e. The van der Waals surface area contributed by atoms with Crippen molar-refractivity contribution in [3.8, 4) is 34.8 Å². The molecule has 0 saturated carbocycles. The van der Waals surface area contributed by atoms with Crippen LogP contribution in [0.3, 0.4) is 0 Å². The molecule has 2 aromatic carbocycles. The quantitative estimate of drug-likeness (QED) is 0.601. The zero-order valence-corrected chi connectivity index (χ0v) is 15.9. The predicted octanol–water partition coefficient (Wildman–Crippen LogP) is 4.33. The van der Waals surface area contributed by atoms with E-state index in [1.807, 2.05) is 42.5 Å². The maximum absolute atomic E-state index is 5.26. The van der Waals surface area contributed by atoms with Crippen molar-refractivity contribution < 1.29 is 9.47 Å². The largest absolute Gasteiger partial charge is 0.497 e. The first-order valence-electron chi connectivity index (χ1n) is 7.78. The predicted molar refractivity (Wildman–Crippen MR) is 102 cm³/mol. The summed E-state index contributed by atoms with van der Waals surface area (Å²) in [6.45, 7) is 6.72. The van der Waals surface area contributed by atoms with Crippen molar-refractivity contribution in [2.24, 2.45) is 0 Å². The maximum Gasteiger partial charge on any atom is 0.129 e. The first kappa shape index (κ1) is 17.7. The van der Waals surface area contributed by atoms with Gasteiger partial charge in [-0.2, -0.15) is 0 Å². The number of ether oxygens (including phenoxy) is 2. The van der Waals surface area contributed by atoms with Gasteiger partial charge in [0.15, 0.2) is 0 Å². The molecule has 24 heavy (non-hydrogen) atoms. The third-order valence-corrected chi connectivity index (χ3v) is 4.04. The summed E-state index contributed by atoms with van der Waals surface area (Å²) in [5.41, 5.74) is 6.21. The second kappa shape index (κ2) is 7.77. The van der Waals surface area contributed by atoms with Gasteiger partial charge in [-0.1, -0.05) is 37.4 Å². The van der Waals surface area contributed by atoms with Crippen LogP contribution in [-0.4, -0.2) is 22.3 Å². The van der Waals surface area contributed by atoms with Gasteiger partial charge in [0.05, 0.1) is 14.2 Å². The molecule has 0 aliphatic carbocycles. The van der Waals surface area contributed by atoms with Crippen LogP contribution in [-0.2, 0) is 0 Å². The van der Waals surface area contributed by atoms with E-state index in [1.54, 1.807) is 14.2 Å². The van der Waals surface area contributed by atoms with Gasteiger partial charge in [-0.3, -0.25) is 0 Å². The van der Waals surface area contributed by atoms with Gasteiger partial charge >= 0.3 is 0 Å². The Bertz CT molecular complexity index is 800. The van der Waals surface area contributed by atoms with E-state index in [4.69, 9.17) is 9.47 Å². The Hall–Kier alpha value is -2.62. The van der Waals surface area contributed by atoms with Crippen LogP contribution in [0.15, 0.2) is 42.5 Å². The number of hydrogen-bond donors (Lipinski definition) is 0. The highest BCUT2D eigenvalue weighted by atomic mass is 28.3. The molecular formula is C21H22O2Si. The average molecular weight is 334 g/mol. The van der Waals surface area contributed by atoms with Crippen molar-refractivity contribution in [3.63, 3.8) is 0 Å². The van der Waals surface area contributed by atoms with Gasteiger partial charge in [0, 0.05) is 22.8 Å². The van der Waals surface area contributed by atoms with Crippen LogP contribution in [0.5, 0.6) is 11.5 Å². The first-order valence-corrected chi connectivity index (χ1v) is 11.3. The zero-order chi connectivity index (χ0) is 17.6. The third-order valence-electron chi connectivity index (χ3n) is 3.17. The summed E-state index contributed by atoms with van der Waals surface area (Å²) >= 11 is 0. The monoisotopic (exact) mass is 334 g/mol. The topological polar surface area (TPSA) is 18.5 Å². The molecule has 0 bridgehead atoms. The van der Waals surface area contributed by atoms with Crippen molar-refractivity contribution >= 4 is 8.07 Å². The molecule has 2 nitrogen and oxygen atoms in total. The average Bonchev–Trinajstić information content (AvgIpc) is 2.58. The molecule has 0 N–H and O–H groups in total. The van der Waals surface area contributed by atoms with E-state index in [2.05, 4.69) is 42.9 Å². The van der Waals surface area contributed by atoms with Gasteiger partial charge in [0.2, 0.25) is 0 Å². The molecule has 0 unspecified atom stereocenters. The van der Waals surface area contributed by atoms with E-state index in [0.29, 0.717) is 0 Å². The Labute approximate surface area is 145 Å². The highest BCUT2D eigenvalue weighted by Crippen LogP contribution is 2.21. The SMILES string of the molecule is COc1cc(C#Cc2ccc(C#C[Si](C)(C)C)cc2)cc(OC)c1. The highest BCUT2D eigenvalue weighted by Gasteiger charge is 2.07. The summed E-state index contributed by atoms with van der Waals surface area (Å²) in [7, 11) is 1.92. The summed E-state index contributed by atoms with van der Waals surface area (Å²) in [6, 6.07) is 13.6. The lowest BCUT2D eigenvalue weighted by Gasteiger charge is -2.04. The standard InChI is InChI=1S/C21H22O2Si/c1-22-20-14-19(15-21(16-20)23-2)11-10-17-6-8-18(9-7-17)12-13-24(3,4)5/h6-9,14-16H,1-5H3. The van der Waals surface area contributed by atoms with E-state index in [0.717, 1.165) is 28.2 Å². The molecule has 0 aliphatic heterocycles. The molecule has 0 atom stereocenters. The molecular weight excluding hydrogens is 312 g/mol. The number of hydrogen-bond acceptors (Lipinski definition) is 2. The van der Waals surface area contributed by atoms with Crippen molar-refractivity contribution in [2.45, 2.75) is 19.6 Å². The van der Waals surface area contributed by atoms with Gasteiger partial charge < -0.3 is 9.47 Å². The minimum Gasteiger partial charge on any atom is -0.497 e. The van der Waals surface area contributed by atoms with E-state index in [-0.39, 0.29) is 0 Å². The van der Waals surface area contributed by atoms with Crippen LogP contribution in [0.2, 0.25) is 19.6 Å². The van der Waals surface area contributed by atoms with E-state index in [1.165, 1.54) is 0 Å². The van der Waals surface area contributed by atoms with Crippen LogP contribution in [0, 0.1) is 23.3 Å². The molecule has 122 valence electrons. The normalized spacial score (nSPS) is 10.0. The second-order valence-corrected chi connectivity index (χ2v) is 11.2. The van der Waals surface area contributed by atoms with E-state index >= 15 is 0 Å². The first-order chi connectivity index (χ1) is 11.4. The fourth-order valence-electron chi connectivity index (χ4n) is 1.92. The fraction of sp³-hybridized carbons (Fsp3) is 0.238. The summed E-state index contributed by atoms with van der Waals surface area (Å²) in [5.74, 6) is 11.0. The van der Waals surface area contributed by atoms with Crippen LogP contribution < -0.4 is 9.47 Å². The Morgan fingerprint density at radius 1 is 0.667 bits per heavy atom. The molecule has 2 aromatic rings. The number of benzene rings is 2. The van der Waals surface area contributed by atoms with Crippen molar-refractivity contribution in [2.75, 3.05) is 14.2 Å². The summed E-state index contributed by atoms with van der Waals surface area (Å²) in [6.07, 6.45) is 0. The minimum atomic E-state index is -1.34. The van der Waals surface area contributed by atoms with Gasteiger partial charge in [0.1, 0.15) is 19.6 Å². The van der Waals surface area contributed by atoms with Crippen LogP contribution in [0.1, 0.15) is 16.7 Å². The Morgan fingerprint density at radius 3 is 1.58 bits per heavy atom.